The first-order chi connectivity index (χ1) is 10.1. The molecule has 6 heteroatoms. The van der Waals surface area contributed by atoms with E-state index in [9.17, 15) is 4.39 Å². The monoisotopic (exact) mass is 370 g/mol. The molecule has 0 unspecified atom stereocenters. The average Bonchev–Trinajstić information content (AvgIpc) is 2.97. The van der Waals surface area contributed by atoms with Gasteiger partial charge >= 0.3 is 0 Å². The number of rotatable bonds is 4. The Labute approximate surface area is 134 Å². The molecule has 0 saturated carbocycles. The maximum atomic E-state index is 13.7. The molecule has 0 radical (unpaired) electrons. The highest BCUT2D eigenvalue weighted by molar-refractivity contribution is 9.10. The molecule has 0 bridgehead atoms. The minimum atomic E-state index is -0.321. The van der Waals surface area contributed by atoms with Crippen molar-refractivity contribution in [3.05, 3.63) is 51.9 Å². The van der Waals surface area contributed by atoms with Crippen molar-refractivity contribution in [2.45, 2.75) is 19.9 Å². The molecule has 3 aromatic rings. The van der Waals surface area contributed by atoms with Gasteiger partial charge in [-0.25, -0.2) is 9.37 Å². The van der Waals surface area contributed by atoms with Crippen LogP contribution in [0.5, 0.6) is 0 Å². The Balaban J connectivity index is 2.12. The lowest BCUT2D eigenvalue weighted by Gasteiger charge is -2.07. The van der Waals surface area contributed by atoms with Gasteiger partial charge in [-0.15, -0.1) is 11.6 Å². The van der Waals surface area contributed by atoms with Crippen LogP contribution in [0.4, 0.5) is 4.39 Å². The van der Waals surface area contributed by atoms with Crippen LogP contribution >= 0.6 is 27.5 Å². The summed E-state index contributed by atoms with van der Waals surface area (Å²) in [4.78, 5) is 4.48. The van der Waals surface area contributed by atoms with Crippen LogP contribution in [0.25, 0.3) is 11.0 Å². The molecule has 0 saturated heterocycles. The lowest BCUT2D eigenvalue weighted by molar-refractivity contribution is 0.469. The lowest BCUT2D eigenvalue weighted by atomic mass is 10.3. The standard InChI is InChI=1S/C15H13BrClFN2O/c1-9-2-3-10(21-9)8-20-14-6-11(16)12(18)7-13(14)19-15(20)4-5-17/h2-3,6-7H,4-5,8H2,1H3. The van der Waals surface area contributed by atoms with E-state index in [1.54, 1.807) is 6.07 Å². The van der Waals surface area contributed by atoms with Gasteiger partial charge in [0.05, 0.1) is 22.1 Å². The zero-order valence-electron chi connectivity index (χ0n) is 11.4. The van der Waals surface area contributed by atoms with Crippen LogP contribution in [0.15, 0.2) is 33.2 Å². The summed E-state index contributed by atoms with van der Waals surface area (Å²) in [6, 6.07) is 7.03. The minimum absolute atomic E-state index is 0.321. The van der Waals surface area contributed by atoms with Crippen LogP contribution in [0, 0.1) is 12.7 Å². The van der Waals surface area contributed by atoms with Gasteiger partial charge < -0.3 is 8.98 Å². The Morgan fingerprint density at radius 2 is 2.19 bits per heavy atom. The molecule has 0 aliphatic carbocycles. The molecule has 0 aliphatic rings. The van der Waals surface area contributed by atoms with E-state index < -0.39 is 0 Å². The second kappa shape index (κ2) is 5.81. The van der Waals surface area contributed by atoms with Crippen LogP contribution in [-0.2, 0) is 13.0 Å². The van der Waals surface area contributed by atoms with Crippen molar-refractivity contribution in [3.63, 3.8) is 0 Å². The molecule has 0 amide bonds. The predicted octanol–water partition coefficient (Wildman–Crippen LogP) is 4.67. The van der Waals surface area contributed by atoms with Crippen LogP contribution in [0.2, 0.25) is 0 Å². The van der Waals surface area contributed by atoms with Gasteiger partial charge in [0.15, 0.2) is 0 Å². The van der Waals surface area contributed by atoms with Gasteiger partial charge in [-0.1, -0.05) is 0 Å². The average molecular weight is 372 g/mol. The zero-order valence-corrected chi connectivity index (χ0v) is 13.7. The van der Waals surface area contributed by atoms with Gasteiger partial charge in [0.2, 0.25) is 0 Å². The Morgan fingerprint density at radius 3 is 2.86 bits per heavy atom. The van der Waals surface area contributed by atoms with Crippen molar-refractivity contribution in [2.24, 2.45) is 0 Å². The summed E-state index contributed by atoms with van der Waals surface area (Å²) in [7, 11) is 0. The topological polar surface area (TPSA) is 31.0 Å². The largest absolute Gasteiger partial charge is 0.464 e. The van der Waals surface area contributed by atoms with Crippen molar-refractivity contribution >= 4 is 38.6 Å². The number of hydrogen-bond acceptors (Lipinski definition) is 2. The summed E-state index contributed by atoms with van der Waals surface area (Å²) in [6.45, 7) is 2.45. The number of halogens is 3. The number of fused-ring (bicyclic) bond motifs is 1. The summed E-state index contributed by atoms with van der Waals surface area (Å²) in [5.41, 5.74) is 1.48. The van der Waals surface area contributed by atoms with E-state index in [4.69, 9.17) is 16.0 Å². The molecule has 0 N–H and O–H groups in total. The lowest BCUT2D eigenvalue weighted by Crippen LogP contribution is -2.05. The van der Waals surface area contributed by atoms with E-state index in [1.807, 2.05) is 23.6 Å². The number of aryl methyl sites for hydroxylation is 2. The number of hydrogen-bond donors (Lipinski definition) is 0. The highest BCUT2D eigenvalue weighted by atomic mass is 79.9. The van der Waals surface area contributed by atoms with Crippen molar-refractivity contribution in [1.29, 1.82) is 0 Å². The summed E-state index contributed by atoms with van der Waals surface area (Å²) >= 11 is 9.07. The molecule has 2 heterocycles. The van der Waals surface area contributed by atoms with Gasteiger partial charge in [0.1, 0.15) is 23.2 Å². The van der Waals surface area contributed by atoms with Crippen LogP contribution in [0.1, 0.15) is 17.3 Å². The highest BCUT2D eigenvalue weighted by Gasteiger charge is 2.14. The van der Waals surface area contributed by atoms with Crippen LogP contribution < -0.4 is 0 Å². The van der Waals surface area contributed by atoms with Crippen LogP contribution in [-0.4, -0.2) is 15.4 Å². The van der Waals surface area contributed by atoms with Crippen molar-refractivity contribution in [1.82, 2.24) is 9.55 Å². The molecule has 1 aromatic carbocycles. The third kappa shape index (κ3) is 2.85. The molecular weight excluding hydrogens is 359 g/mol. The third-order valence-corrected chi connectivity index (χ3v) is 4.09. The van der Waals surface area contributed by atoms with E-state index in [-0.39, 0.29) is 5.82 Å². The number of furan rings is 1. The first-order valence-corrected chi connectivity index (χ1v) is 7.86. The molecule has 0 aliphatic heterocycles. The molecule has 0 atom stereocenters. The fourth-order valence-corrected chi connectivity index (χ4v) is 2.85. The second-order valence-corrected chi connectivity index (χ2v) is 6.05. The highest BCUT2D eigenvalue weighted by Crippen LogP contribution is 2.25. The Kier molecular flexibility index (Phi) is 4.04. The Morgan fingerprint density at radius 1 is 1.38 bits per heavy atom. The summed E-state index contributed by atoms with van der Waals surface area (Å²) in [6.07, 6.45) is 0.620. The van der Waals surface area contributed by atoms with E-state index >= 15 is 0 Å². The number of imidazole rings is 1. The van der Waals surface area contributed by atoms with Crippen molar-refractivity contribution in [2.75, 3.05) is 5.88 Å². The first kappa shape index (κ1) is 14.6. The molecule has 2 aromatic heterocycles. The number of aromatic nitrogens is 2. The number of alkyl halides is 1. The van der Waals surface area contributed by atoms with Gasteiger partial charge in [-0.2, -0.15) is 0 Å². The van der Waals surface area contributed by atoms with Gasteiger partial charge in [0, 0.05) is 18.4 Å². The van der Waals surface area contributed by atoms with E-state index in [0.717, 1.165) is 22.9 Å². The summed E-state index contributed by atoms with van der Waals surface area (Å²) in [5, 5.41) is 0. The number of benzene rings is 1. The van der Waals surface area contributed by atoms with Crippen molar-refractivity contribution in [3.8, 4) is 0 Å². The second-order valence-electron chi connectivity index (χ2n) is 4.82. The molecule has 0 spiro atoms. The minimum Gasteiger partial charge on any atom is -0.464 e. The predicted molar refractivity (Wildman–Crippen MR) is 84.4 cm³/mol. The first-order valence-electron chi connectivity index (χ1n) is 6.54. The Hall–Kier alpha value is -1.33. The molecule has 0 fully saturated rings. The third-order valence-electron chi connectivity index (χ3n) is 3.30. The summed E-state index contributed by atoms with van der Waals surface area (Å²) < 4.78 is 21.7. The Bertz CT molecular complexity index is 796. The molecular formula is C15H13BrClFN2O. The molecule has 110 valence electrons. The smallest absolute Gasteiger partial charge is 0.139 e. The van der Waals surface area contributed by atoms with Gasteiger partial charge in [0.25, 0.3) is 0 Å². The maximum absolute atomic E-state index is 13.7. The van der Waals surface area contributed by atoms with E-state index in [1.165, 1.54) is 6.07 Å². The fraction of sp³-hybridized carbons (Fsp3) is 0.267. The fourth-order valence-electron chi connectivity index (χ4n) is 2.35. The number of nitrogens with zero attached hydrogens (tertiary/aromatic N) is 2. The normalized spacial score (nSPS) is 11.4. The van der Waals surface area contributed by atoms with Gasteiger partial charge in [-0.05, 0) is 41.1 Å². The van der Waals surface area contributed by atoms with Crippen molar-refractivity contribution < 1.29 is 8.81 Å². The SMILES string of the molecule is Cc1ccc(Cn2c(CCCl)nc3cc(F)c(Br)cc32)o1. The van der Waals surface area contributed by atoms with Gasteiger partial charge in [-0.3, -0.25) is 0 Å². The quantitative estimate of drug-likeness (QED) is 0.624. The molecule has 3 nitrogen and oxygen atoms in total. The van der Waals surface area contributed by atoms with E-state index in [0.29, 0.717) is 28.8 Å². The zero-order chi connectivity index (χ0) is 15.0. The van der Waals surface area contributed by atoms with Crippen LogP contribution in [0.3, 0.4) is 0 Å². The van der Waals surface area contributed by atoms with E-state index in [2.05, 4.69) is 20.9 Å². The maximum Gasteiger partial charge on any atom is 0.139 e. The molecule has 21 heavy (non-hydrogen) atoms. The molecule has 3 rings (SSSR count). The summed E-state index contributed by atoms with van der Waals surface area (Å²) in [5.74, 6) is 2.66.